The molecule has 3 heterocycles. The number of hydrogen-bond donors (Lipinski definition) is 1. The van der Waals surface area contributed by atoms with Crippen LogP contribution in [0, 0.1) is 5.82 Å². The predicted octanol–water partition coefficient (Wildman–Crippen LogP) is 5.27. The van der Waals surface area contributed by atoms with Crippen molar-refractivity contribution in [3.05, 3.63) is 107 Å². The lowest BCUT2D eigenvalue weighted by molar-refractivity contribution is -0.133. The highest BCUT2D eigenvalue weighted by Gasteiger charge is 2.48. The van der Waals surface area contributed by atoms with E-state index in [4.69, 9.17) is 16.0 Å². The minimum absolute atomic E-state index is 0.0440. The van der Waals surface area contributed by atoms with Gasteiger partial charge in [-0.15, -0.1) is 0 Å². The molecule has 4 aromatic rings. The second kappa shape index (κ2) is 9.07. The maximum atomic E-state index is 14.5. The first kappa shape index (κ1) is 22.9. The molecule has 0 saturated heterocycles. The Morgan fingerprint density at radius 2 is 1.80 bits per heavy atom. The molecule has 0 radical (unpaired) electrons. The summed E-state index contributed by atoms with van der Waals surface area (Å²) in [5.74, 6) is -0.541. The molecule has 1 aliphatic rings. The Bertz CT molecular complexity index is 1380. The largest absolute Gasteiger partial charge is 0.463 e. The van der Waals surface area contributed by atoms with Crippen molar-refractivity contribution in [3.8, 4) is 11.5 Å². The van der Waals surface area contributed by atoms with Crippen molar-refractivity contribution in [2.75, 3.05) is 0 Å². The molecule has 1 N–H and O–H groups in total. The molecular weight excluding hydrogens is 469 g/mol. The molecule has 1 aliphatic heterocycles. The third-order valence-electron chi connectivity index (χ3n) is 6.42. The lowest BCUT2D eigenvalue weighted by atomic mass is 9.93. The monoisotopic (exact) mass is 491 g/mol. The molecule has 0 spiro atoms. The van der Waals surface area contributed by atoms with E-state index in [2.05, 4.69) is 5.32 Å². The topological polar surface area (TPSA) is 67.5 Å². The molecule has 6 nitrogen and oxygen atoms in total. The van der Waals surface area contributed by atoms with Gasteiger partial charge in [-0.3, -0.25) is 9.59 Å². The summed E-state index contributed by atoms with van der Waals surface area (Å²) in [6.45, 7) is 2.10. The predicted molar refractivity (Wildman–Crippen MR) is 130 cm³/mol. The quantitative estimate of drug-likeness (QED) is 0.399. The molecule has 178 valence electrons. The summed E-state index contributed by atoms with van der Waals surface area (Å²) < 4.78 is 21.9. The number of nitrogens with zero attached hydrogens (tertiary/aromatic N) is 2. The van der Waals surface area contributed by atoms with E-state index >= 15 is 0 Å². The summed E-state index contributed by atoms with van der Waals surface area (Å²) in [5.41, 5.74) is 1.02. The zero-order valence-corrected chi connectivity index (χ0v) is 19.8. The highest BCUT2D eigenvalue weighted by Crippen LogP contribution is 2.34. The number of aromatic nitrogens is 1. The van der Waals surface area contributed by atoms with E-state index in [-0.39, 0.29) is 31.4 Å². The number of benzene rings is 2. The first-order valence-corrected chi connectivity index (χ1v) is 11.6. The fraction of sp³-hybridized carbons (Fsp3) is 0.185. The minimum atomic E-state index is -1.29. The Morgan fingerprint density at radius 3 is 2.51 bits per heavy atom. The van der Waals surface area contributed by atoms with Crippen molar-refractivity contribution in [1.29, 1.82) is 0 Å². The van der Waals surface area contributed by atoms with Gasteiger partial charge in [-0.25, -0.2) is 4.39 Å². The van der Waals surface area contributed by atoms with Crippen LogP contribution in [-0.4, -0.2) is 26.8 Å². The molecule has 2 amide bonds. The molecule has 5 rings (SSSR count). The van der Waals surface area contributed by atoms with E-state index in [1.165, 1.54) is 11.0 Å². The number of carbonyl (C=O) groups excluding carboxylic acids is 2. The fourth-order valence-corrected chi connectivity index (χ4v) is 4.56. The average molecular weight is 492 g/mol. The number of carbonyl (C=O) groups is 2. The second-order valence-electron chi connectivity index (χ2n) is 8.73. The molecule has 8 heteroatoms. The maximum absolute atomic E-state index is 14.5. The fourth-order valence-electron chi connectivity index (χ4n) is 4.43. The molecule has 1 atom stereocenters. The molecule has 2 aromatic heterocycles. The third-order valence-corrected chi connectivity index (χ3v) is 6.67. The van der Waals surface area contributed by atoms with Crippen LogP contribution in [0.4, 0.5) is 4.39 Å². The maximum Gasteiger partial charge on any atom is 0.271 e. The average Bonchev–Trinajstić information content (AvgIpc) is 3.52. The Labute approximate surface area is 206 Å². The number of furan rings is 1. The Kier molecular flexibility index (Phi) is 5.94. The Hall–Kier alpha value is -3.84. The normalized spacial score (nSPS) is 17.3. The van der Waals surface area contributed by atoms with Crippen LogP contribution in [0.5, 0.6) is 0 Å². The second-order valence-corrected chi connectivity index (χ2v) is 9.17. The summed E-state index contributed by atoms with van der Waals surface area (Å²) in [6, 6.07) is 20.5. The SMILES string of the molecule is C[C@@]1(C(=O)NCc2ccc(Cl)cc2)Cn2c(ccc2-c2ccco2)C(=O)N1Cc1ccccc1F. The highest BCUT2D eigenvalue weighted by atomic mass is 35.5. The summed E-state index contributed by atoms with van der Waals surface area (Å²) >= 11 is 5.96. The van der Waals surface area contributed by atoms with E-state index in [1.807, 2.05) is 12.1 Å². The van der Waals surface area contributed by atoms with E-state index in [1.54, 1.807) is 72.4 Å². The number of amides is 2. The number of hydrogen-bond acceptors (Lipinski definition) is 3. The van der Waals surface area contributed by atoms with Crippen LogP contribution in [0.1, 0.15) is 28.5 Å². The van der Waals surface area contributed by atoms with Crippen LogP contribution in [0.2, 0.25) is 5.02 Å². The van der Waals surface area contributed by atoms with E-state index < -0.39 is 11.4 Å². The van der Waals surface area contributed by atoms with Crippen molar-refractivity contribution in [3.63, 3.8) is 0 Å². The molecule has 0 saturated carbocycles. The van der Waals surface area contributed by atoms with Crippen LogP contribution in [0.25, 0.3) is 11.5 Å². The van der Waals surface area contributed by atoms with Gasteiger partial charge in [0.25, 0.3) is 5.91 Å². The summed E-state index contributed by atoms with van der Waals surface area (Å²) in [7, 11) is 0. The third kappa shape index (κ3) is 4.23. The molecule has 35 heavy (non-hydrogen) atoms. The van der Waals surface area contributed by atoms with Crippen molar-refractivity contribution in [1.82, 2.24) is 14.8 Å². The van der Waals surface area contributed by atoms with Crippen molar-refractivity contribution in [2.24, 2.45) is 0 Å². The van der Waals surface area contributed by atoms with Crippen LogP contribution in [0.3, 0.4) is 0 Å². The van der Waals surface area contributed by atoms with Gasteiger partial charge >= 0.3 is 0 Å². The molecule has 2 aromatic carbocycles. The van der Waals surface area contributed by atoms with E-state index in [0.29, 0.717) is 27.7 Å². The van der Waals surface area contributed by atoms with Crippen LogP contribution >= 0.6 is 11.6 Å². The first-order valence-electron chi connectivity index (χ1n) is 11.2. The summed E-state index contributed by atoms with van der Waals surface area (Å²) in [6.07, 6.45) is 1.56. The number of fused-ring (bicyclic) bond motifs is 1. The van der Waals surface area contributed by atoms with Gasteiger partial charge in [0.05, 0.1) is 25.0 Å². The van der Waals surface area contributed by atoms with Crippen molar-refractivity contribution >= 4 is 23.4 Å². The minimum Gasteiger partial charge on any atom is -0.463 e. The van der Waals surface area contributed by atoms with Crippen LogP contribution in [-0.2, 0) is 24.4 Å². The van der Waals surface area contributed by atoms with Crippen LogP contribution in [0.15, 0.2) is 83.5 Å². The highest BCUT2D eigenvalue weighted by molar-refractivity contribution is 6.30. The zero-order chi connectivity index (χ0) is 24.6. The Balaban J connectivity index is 1.51. The zero-order valence-electron chi connectivity index (χ0n) is 19.0. The lowest BCUT2D eigenvalue weighted by Gasteiger charge is -2.44. The first-order chi connectivity index (χ1) is 16.9. The number of nitrogens with one attached hydrogen (secondary N) is 1. The smallest absolute Gasteiger partial charge is 0.271 e. The van der Waals surface area contributed by atoms with Gasteiger partial charge < -0.3 is 19.2 Å². The molecule has 0 unspecified atom stereocenters. The van der Waals surface area contributed by atoms with Crippen molar-refractivity contribution in [2.45, 2.75) is 32.1 Å². The standard InChI is InChI=1S/C27H23ClFN3O3/c1-27(26(34)30-15-18-8-10-20(28)11-9-18)17-31-22(24-7-4-14-35-24)12-13-23(31)25(33)32(27)16-19-5-2-3-6-21(19)29/h2-14H,15-17H2,1H3,(H,30,34)/t27-/m0/s1. The van der Waals surface area contributed by atoms with E-state index in [9.17, 15) is 14.0 Å². The number of rotatable bonds is 6. The summed E-state index contributed by atoms with van der Waals surface area (Å²) in [4.78, 5) is 28.8. The van der Waals surface area contributed by atoms with E-state index in [0.717, 1.165) is 5.56 Å². The molecule has 0 fully saturated rings. The molecular formula is C27H23ClFN3O3. The van der Waals surface area contributed by atoms with Gasteiger partial charge in [0, 0.05) is 17.1 Å². The molecule has 0 bridgehead atoms. The van der Waals surface area contributed by atoms with Gasteiger partial charge in [-0.2, -0.15) is 0 Å². The van der Waals surface area contributed by atoms with Gasteiger partial charge in [-0.1, -0.05) is 41.9 Å². The van der Waals surface area contributed by atoms with Crippen LogP contribution < -0.4 is 5.32 Å². The lowest BCUT2D eigenvalue weighted by Crippen LogP contribution is -2.63. The summed E-state index contributed by atoms with van der Waals surface area (Å²) in [5, 5.41) is 3.55. The van der Waals surface area contributed by atoms with Gasteiger partial charge in [0.2, 0.25) is 5.91 Å². The molecule has 0 aliphatic carbocycles. The Morgan fingerprint density at radius 1 is 1.06 bits per heavy atom. The number of halogens is 2. The van der Waals surface area contributed by atoms with Gasteiger partial charge in [-0.05, 0) is 55.0 Å². The van der Waals surface area contributed by atoms with Gasteiger partial charge in [0.15, 0.2) is 0 Å². The van der Waals surface area contributed by atoms with Gasteiger partial charge in [0.1, 0.15) is 22.8 Å². The van der Waals surface area contributed by atoms with Crippen molar-refractivity contribution < 1.29 is 18.4 Å².